The van der Waals surface area contributed by atoms with Crippen molar-refractivity contribution < 1.29 is 18.3 Å². The molecular formula is C21H23N3O4. The van der Waals surface area contributed by atoms with Crippen LogP contribution in [0.3, 0.4) is 0 Å². The standard InChI is InChI=1S/C21H23N3O4/c1-21(11-15-5-6-16-18(10-15)27-14-26-16)7-3-8-24(13-21)12-19-22-23-20(28-19)17-4-2-9-25-17/h2,4-6,9-10H,3,7-8,11-14H2,1H3. The highest BCUT2D eigenvalue weighted by molar-refractivity contribution is 5.45. The summed E-state index contributed by atoms with van der Waals surface area (Å²) in [6.45, 7) is 5.35. The minimum absolute atomic E-state index is 0.190. The lowest BCUT2D eigenvalue weighted by molar-refractivity contribution is 0.0898. The molecule has 1 unspecified atom stereocenters. The molecule has 0 amide bonds. The van der Waals surface area contributed by atoms with Crippen molar-refractivity contribution in [3.8, 4) is 23.1 Å². The fraction of sp³-hybridized carbons (Fsp3) is 0.429. The summed E-state index contributed by atoms with van der Waals surface area (Å²) in [5, 5.41) is 8.29. The maximum Gasteiger partial charge on any atom is 0.283 e. The lowest BCUT2D eigenvalue weighted by Crippen LogP contribution is -2.42. The van der Waals surface area contributed by atoms with Gasteiger partial charge in [-0.3, -0.25) is 4.90 Å². The Morgan fingerprint density at radius 3 is 2.96 bits per heavy atom. The first-order valence-electron chi connectivity index (χ1n) is 9.64. The van der Waals surface area contributed by atoms with Crippen LogP contribution in [-0.4, -0.2) is 35.0 Å². The molecule has 0 saturated carbocycles. The van der Waals surface area contributed by atoms with Crippen LogP contribution < -0.4 is 9.47 Å². The molecule has 0 aliphatic carbocycles. The van der Waals surface area contributed by atoms with Gasteiger partial charge in [-0.15, -0.1) is 10.2 Å². The highest BCUT2D eigenvalue weighted by atomic mass is 16.7. The van der Waals surface area contributed by atoms with Crippen molar-refractivity contribution in [3.05, 3.63) is 48.0 Å². The van der Waals surface area contributed by atoms with Crippen LogP contribution in [0.2, 0.25) is 0 Å². The molecule has 2 aliphatic heterocycles. The highest BCUT2D eigenvalue weighted by Crippen LogP contribution is 2.38. The van der Waals surface area contributed by atoms with Crippen LogP contribution in [0.4, 0.5) is 0 Å². The lowest BCUT2D eigenvalue weighted by Gasteiger charge is -2.40. The van der Waals surface area contributed by atoms with Crippen LogP contribution in [-0.2, 0) is 13.0 Å². The van der Waals surface area contributed by atoms with E-state index in [0.717, 1.165) is 37.4 Å². The number of hydrogen-bond donors (Lipinski definition) is 0. The van der Waals surface area contributed by atoms with Gasteiger partial charge < -0.3 is 18.3 Å². The summed E-state index contributed by atoms with van der Waals surface area (Å²) in [5.74, 6) is 3.34. The smallest absolute Gasteiger partial charge is 0.283 e. The molecule has 2 aliphatic rings. The van der Waals surface area contributed by atoms with E-state index in [9.17, 15) is 0 Å². The Kier molecular flexibility index (Phi) is 4.31. The van der Waals surface area contributed by atoms with Gasteiger partial charge in [0.25, 0.3) is 5.89 Å². The maximum absolute atomic E-state index is 5.78. The van der Waals surface area contributed by atoms with Crippen molar-refractivity contribution in [2.45, 2.75) is 32.7 Å². The van der Waals surface area contributed by atoms with E-state index in [4.69, 9.17) is 18.3 Å². The molecular weight excluding hydrogens is 358 g/mol. The number of piperidine rings is 1. The average Bonchev–Trinajstić information content (AvgIpc) is 3.42. The Balaban J connectivity index is 1.25. The zero-order valence-corrected chi connectivity index (χ0v) is 15.9. The van der Waals surface area contributed by atoms with E-state index in [-0.39, 0.29) is 5.41 Å². The van der Waals surface area contributed by atoms with E-state index in [1.54, 1.807) is 6.26 Å². The molecule has 1 atom stereocenters. The van der Waals surface area contributed by atoms with Crippen LogP contribution in [0.5, 0.6) is 11.5 Å². The first kappa shape index (κ1) is 17.3. The number of likely N-dealkylation sites (tertiary alicyclic amines) is 1. The molecule has 7 heteroatoms. The summed E-state index contributed by atoms with van der Waals surface area (Å²) < 4.78 is 22.1. The van der Waals surface area contributed by atoms with E-state index in [2.05, 4.69) is 34.2 Å². The number of furan rings is 1. The van der Waals surface area contributed by atoms with Gasteiger partial charge >= 0.3 is 0 Å². The number of aromatic nitrogens is 2. The first-order valence-corrected chi connectivity index (χ1v) is 9.64. The SMILES string of the molecule is CC1(Cc2ccc3c(c2)OCO3)CCCN(Cc2nnc(-c3ccco3)o2)C1. The van der Waals surface area contributed by atoms with Gasteiger partial charge in [-0.25, -0.2) is 0 Å². The van der Waals surface area contributed by atoms with Crippen molar-refractivity contribution in [1.29, 1.82) is 0 Å². The zero-order valence-electron chi connectivity index (χ0n) is 15.9. The van der Waals surface area contributed by atoms with Crippen LogP contribution >= 0.6 is 0 Å². The van der Waals surface area contributed by atoms with Gasteiger partial charge in [0, 0.05) is 6.54 Å². The van der Waals surface area contributed by atoms with Gasteiger partial charge in [0.2, 0.25) is 12.7 Å². The van der Waals surface area contributed by atoms with Gasteiger partial charge in [-0.1, -0.05) is 13.0 Å². The predicted molar refractivity (Wildman–Crippen MR) is 101 cm³/mol. The molecule has 1 fully saturated rings. The highest BCUT2D eigenvalue weighted by Gasteiger charge is 2.32. The largest absolute Gasteiger partial charge is 0.459 e. The quantitative estimate of drug-likeness (QED) is 0.663. The molecule has 5 rings (SSSR count). The molecule has 0 spiro atoms. The molecule has 0 radical (unpaired) electrons. The third-order valence-electron chi connectivity index (χ3n) is 5.49. The minimum atomic E-state index is 0.190. The number of ether oxygens (including phenoxy) is 2. The fourth-order valence-corrected chi connectivity index (χ4v) is 4.26. The number of rotatable bonds is 5. The molecule has 3 aromatic rings. The van der Waals surface area contributed by atoms with Crippen LogP contribution in [0, 0.1) is 5.41 Å². The van der Waals surface area contributed by atoms with E-state index in [1.807, 2.05) is 18.2 Å². The number of hydrogen-bond acceptors (Lipinski definition) is 7. The molecule has 4 heterocycles. The Morgan fingerprint density at radius 2 is 2.07 bits per heavy atom. The Hall–Kier alpha value is -2.80. The summed E-state index contributed by atoms with van der Waals surface area (Å²) >= 11 is 0. The maximum atomic E-state index is 5.78. The lowest BCUT2D eigenvalue weighted by atomic mass is 9.77. The van der Waals surface area contributed by atoms with E-state index < -0.39 is 0 Å². The first-order chi connectivity index (χ1) is 13.7. The predicted octanol–water partition coefficient (Wildman–Crippen LogP) is 3.90. The zero-order chi connectivity index (χ0) is 19.0. The number of benzene rings is 1. The third-order valence-corrected chi connectivity index (χ3v) is 5.49. The summed E-state index contributed by atoms with van der Waals surface area (Å²) in [7, 11) is 0. The normalized spacial score (nSPS) is 21.9. The molecule has 1 aromatic carbocycles. The topological polar surface area (TPSA) is 73.8 Å². The average molecular weight is 381 g/mol. The van der Waals surface area contributed by atoms with E-state index >= 15 is 0 Å². The summed E-state index contributed by atoms with van der Waals surface area (Å²) in [4.78, 5) is 2.40. The summed E-state index contributed by atoms with van der Waals surface area (Å²) in [6, 6.07) is 9.90. The molecule has 28 heavy (non-hydrogen) atoms. The summed E-state index contributed by atoms with van der Waals surface area (Å²) in [6.07, 6.45) is 4.95. The van der Waals surface area contributed by atoms with Crippen LogP contribution in [0.1, 0.15) is 31.2 Å². The van der Waals surface area contributed by atoms with Gasteiger partial charge in [0.05, 0.1) is 12.8 Å². The van der Waals surface area contributed by atoms with Crippen LogP contribution in [0.15, 0.2) is 45.4 Å². The van der Waals surface area contributed by atoms with Crippen molar-refractivity contribution in [2.75, 3.05) is 19.9 Å². The van der Waals surface area contributed by atoms with Crippen LogP contribution in [0.25, 0.3) is 11.7 Å². The Labute approximate surface area is 163 Å². The van der Waals surface area contributed by atoms with Gasteiger partial charge in [0.15, 0.2) is 17.3 Å². The molecule has 146 valence electrons. The fourth-order valence-electron chi connectivity index (χ4n) is 4.26. The Bertz CT molecular complexity index is 952. The molecule has 1 saturated heterocycles. The summed E-state index contributed by atoms with van der Waals surface area (Å²) in [5.41, 5.74) is 1.47. The number of fused-ring (bicyclic) bond motifs is 1. The Morgan fingerprint density at radius 1 is 1.14 bits per heavy atom. The second kappa shape index (κ2) is 6.98. The minimum Gasteiger partial charge on any atom is -0.459 e. The third kappa shape index (κ3) is 3.49. The van der Waals surface area contributed by atoms with Crippen molar-refractivity contribution >= 4 is 0 Å². The van der Waals surface area contributed by atoms with Gasteiger partial charge in [-0.2, -0.15) is 0 Å². The molecule has 0 N–H and O–H groups in total. The second-order valence-corrected chi connectivity index (χ2v) is 7.97. The molecule has 2 aromatic heterocycles. The van der Waals surface area contributed by atoms with Gasteiger partial charge in [0.1, 0.15) is 0 Å². The van der Waals surface area contributed by atoms with E-state index in [0.29, 0.717) is 30.9 Å². The van der Waals surface area contributed by atoms with Crippen molar-refractivity contribution in [2.24, 2.45) is 5.41 Å². The van der Waals surface area contributed by atoms with Crippen molar-refractivity contribution in [1.82, 2.24) is 15.1 Å². The number of nitrogens with zero attached hydrogens (tertiary/aromatic N) is 3. The van der Waals surface area contributed by atoms with Gasteiger partial charge in [-0.05, 0) is 61.1 Å². The van der Waals surface area contributed by atoms with E-state index in [1.165, 1.54) is 12.0 Å². The molecule has 0 bridgehead atoms. The molecule has 7 nitrogen and oxygen atoms in total. The monoisotopic (exact) mass is 381 g/mol. The second-order valence-electron chi connectivity index (χ2n) is 7.97. The van der Waals surface area contributed by atoms with Crippen molar-refractivity contribution in [3.63, 3.8) is 0 Å².